The van der Waals surface area contributed by atoms with Gasteiger partial charge in [0.2, 0.25) is 5.91 Å². The van der Waals surface area contributed by atoms with Gasteiger partial charge in [-0.05, 0) is 23.8 Å². The van der Waals surface area contributed by atoms with E-state index >= 15 is 0 Å². The van der Waals surface area contributed by atoms with E-state index in [2.05, 4.69) is 0 Å². The Labute approximate surface area is 134 Å². The van der Waals surface area contributed by atoms with Crippen LogP contribution in [0.5, 0.6) is 5.75 Å². The van der Waals surface area contributed by atoms with E-state index in [1.54, 1.807) is 25.1 Å². The van der Waals surface area contributed by atoms with Crippen molar-refractivity contribution in [1.29, 1.82) is 0 Å². The van der Waals surface area contributed by atoms with Crippen LogP contribution in [0, 0.1) is 5.82 Å². The summed E-state index contributed by atoms with van der Waals surface area (Å²) in [5.74, 6) is 0.0819. The normalized spacial score (nSPS) is 10.4. The first kappa shape index (κ1) is 16.3. The molecule has 0 heterocycles. The number of amides is 1. The highest BCUT2D eigenvalue weighted by atomic mass is 35.5. The minimum Gasteiger partial charge on any atom is -0.496 e. The maximum Gasteiger partial charge on any atom is 0.227 e. The van der Waals surface area contributed by atoms with E-state index < -0.39 is 5.82 Å². The Hall–Kier alpha value is -2.07. The third-order valence-electron chi connectivity index (χ3n) is 3.38. The van der Waals surface area contributed by atoms with Crippen LogP contribution < -0.4 is 4.74 Å². The van der Waals surface area contributed by atoms with Crippen molar-refractivity contribution in [3.63, 3.8) is 0 Å². The molecule has 0 aromatic heterocycles. The standard InChI is InChI=1S/C17H17ClFNO2/c1-20(11-13-5-3-4-6-16(13)22-2)17(21)9-12-7-8-14(18)10-15(12)19/h3-8,10H,9,11H2,1-2H3. The van der Waals surface area contributed by atoms with Crippen LogP contribution >= 0.6 is 11.6 Å². The van der Waals surface area contributed by atoms with Gasteiger partial charge in [-0.3, -0.25) is 4.79 Å². The molecular weight excluding hydrogens is 305 g/mol. The van der Waals surface area contributed by atoms with Crippen LogP contribution in [0.3, 0.4) is 0 Å². The molecular formula is C17H17ClFNO2. The van der Waals surface area contributed by atoms with Gasteiger partial charge in [-0.2, -0.15) is 0 Å². The Kier molecular flexibility index (Phi) is 5.39. The van der Waals surface area contributed by atoms with Crippen molar-refractivity contribution in [1.82, 2.24) is 4.90 Å². The lowest BCUT2D eigenvalue weighted by Gasteiger charge is -2.19. The van der Waals surface area contributed by atoms with Crippen molar-refractivity contribution in [2.45, 2.75) is 13.0 Å². The van der Waals surface area contributed by atoms with E-state index in [1.807, 2.05) is 24.3 Å². The predicted octanol–water partition coefficient (Wildman–Crippen LogP) is 3.69. The summed E-state index contributed by atoms with van der Waals surface area (Å²) >= 11 is 5.71. The maximum absolute atomic E-state index is 13.7. The largest absolute Gasteiger partial charge is 0.496 e. The Morgan fingerprint density at radius 2 is 1.95 bits per heavy atom. The molecule has 0 N–H and O–H groups in total. The highest BCUT2D eigenvalue weighted by molar-refractivity contribution is 6.30. The van der Waals surface area contributed by atoms with E-state index in [-0.39, 0.29) is 12.3 Å². The van der Waals surface area contributed by atoms with Gasteiger partial charge in [0, 0.05) is 24.2 Å². The number of benzene rings is 2. The zero-order valence-corrected chi connectivity index (χ0v) is 13.2. The van der Waals surface area contributed by atoms with Crippen molar-refractivity contribution in [3.8, 4) is 5.75 Å². The smallest absolute Gasteiger partial charge is 0.227 e. The number of hydrogen-bond acceptors (Lipinski definition) is 2. The molecule has 116 valence electrons. The molecule has 2 rings (SSSR count). The molecule has 0 fully saturated rings. The molecule has 1 amide bonds. The molecule has 0 bridgehead atoms. The summed E-state index contributed by atoms with van der Waals surface area (Å²) < 4.78 is 19.0. The zero-order valence-electron chi connectivity index (χ0n) is 12.5. The number of nitrogens with zero attached hydrogens (tertiary/aromatic N) is 1. The monoisotopic (exact) mass is 321 g/mol. The van der Waals surface area contributed by atoms with Crippen molar-refractivity contribution >= 4 is 17.5 Å². The molecule has 0 aliphatic rings. The first-order valence-electron chi connectivity index (χ1n) is 6.81. The fraction of sp³-hybridized carbons (Fsp3) is 0.235. The molecule has 0 aliphatic carbocycles. The maximum atomic E-state index is 13.7. The molecule has 22 heavy (non-hydrogen) atoms. The SMILES string of the molecule is COc1ccccc1CN(C)C(=O)Cc1ccc(Cl)cc1F. The van der Waals surface area contributed by atoms with Gasteiger partial charge in [0.1, 0.15) is 11.6 Å². The summed E-state index contributed by atoms with van der Waals surface area (Å²) in [5.41, 5.74) is 1.23. The van der Waals surface area contributed by atoms with E-state index in [1.165, 1.54) is 12.1 Å². The lowest BCUT2D eigenvalue weighted by molar-refractivity contribution is -0.129. The molecule has 3 nitrogen and oxygen atoms in total. The van der Waals surface area contributed by atoms with Crippen molar-refractivity contribution in [2.24, 2.45) is 0 Å². The summed E-state index contributed by atoms with van der Waals surface area (Å²) in [7, 11) is 3.27. The minimum absolute atomic E-state index is 0.00531. The molecule has 0 radical (unpaired) electrons. The topological polar surface area (TPSA) is 29.5 Å². The van der Waals surface area contributed by atoms with Gasteiger partial charge in [-0.1, -0.05) is 35.9 Å². The molecule has 0 aliphatic heterocycles. The molecule has 0 saturated carbocycles. The number of methoxy groups -OCH3 is 1. The number of rotatable bonds is 5. The van der Waals surface area contributed by atoms with Gasteiger partial charge in [0.25, 0.3) is 0 Å². The van der Waals surface area contributed by atoms with Crippen LogP contribution in [0.4, 0.5) is 4.39 Å². The summed E-state index contributed by atoms with van der Waals surface area (Å²) in [6.07, 6.45) is -0.00531. The van der Waals surface area contributed by atoms with E-state index in [9.17, 15) is 9.18 Å². The van der Waals surface area contributed by atoms with Crippen LogP contribution in [0.25, 0.3) is 0 Å². The number of para-hydroxylation sites is 1. The summed E-state index contributed by atoms with van der Waals surface area (Å²) in [6.45, 7) is 0.401. The number of halogens is 2. The lowest BCUT2D eigenvalue weighted by atomic mass is 10.1. The number of carbonyl (C=O) groups excluding carboxylic acids is 1. The number of carbonyl (C=O) groups is 1. The second-order valence-electron chi connectivity index (χ2n) is 4.97. The van der Waals surface area contributed by atoms with Crippen LogP contribution in [0.1, 0.15) is 11.1 Å². The van der Waals surface area contributed by atoms with Gasteiger partial charge in [0.15, 0.2) is 0 Å². The average molecular weight is 322 g/mol. The number of hydrogen-bond donors (Lipinski definition) is 0. The predicted molar refractivity (Wildman–Crippen MR) is 84.6 cm³/mol. The third-order valence-corrected chi connectivity index (χ3v) is 3.62. The van der Waals surface area contributed by atoms with Crippen molar-refractivity contribution in [3.05, 3.63) is 64.4 Å². The second-order valence-corrected chi connectivity index (χ2v) is 5.41. The summed E-state index contributed by atoms with van der Waals surface area (Å²) in [4.78, 5) is 13.8. The Morgan fingerprint density at radius 3 is 2.64 bits per heavy atom. The van der Waals surface area contributed by atoms with Gasteiger partial charge in [-0.25, -0.2) is 4.39 Å². The van der Waals surface area contributed by atoms with Gasteiger partial charge < -0.3 is 9.64 Å². The minimum atomic E-state index is -0.466. The van der Waals surface area contributed by atoms with E-state index in [0.29, 0.717) is 17.1 Å². The van der Waals surface area contributed by atoms with Crippen LogP contribution in [0.2, 0.25) is 5.02 Å². The molecule has 0 atom stereocenters. The summed E-state index contributed by atoms with van der Waals surface area (Å²) in [5, 5.41) is 0.316. The third kappa shape index (κ3) is 3.98. The molecule has 5 heteroatoms. The highest BCUT2D eigenvalue weighted by Gasteiger charge is 2.14. The number of likely N-dealkylation sites (N-methyl/N-ethyl adjacent to an activating group) is 1. The van der Waals surface area contributed by atoms with Gasteiger partial charge in [-0.15, -0.1) is 0 Å². The van der Waals surface area contributed by atoms with Crippen LogP contribution in [0.15, 0.2) is 42.5 Å². The Balaban J connectivity index is 2.06. The number of ether oxygens (including phenoxy) is 1. The van der Waals surface area contributed by atoms with Crippen molar-refractivity contribution in [2.75, 3.05) is 14.2 Å². The summed E-state index contributed by atoms with van der Waals surface area (Å²) in [6, 6.07) is 11.8. The molecule has 0 unspecified atom stereocenters. The van der Waals surface area contributed by atoms with Crippen LogP contribution in [-0.4, -0.2) is 25.0 Å². The first-order chi connectivity index (χ1) is 10.5. The quantitative estimate of drug-likeness (QED) is 0.840. The molecule has 2 aromatic rings. The van der Waals surface area contributed by atoms with Gasteiger partial charge >= 0.3 is 0 Å². The fourth-order valence-corrected chi connectivity index (χ4v) is 2.30. The van der Waals surface area contributed by atoms with Gasteiger partial charge in [0.05, 0.1) is 13.5 Å². The second kappa shape index (κ2) is 7.27. The lowest BCUT2D eigenvalue weighted by Crippen LogP contribution is -2.28. The zero-order chi connectivity index (χ0) is 16.1. The van der Waals surface area contributed by atoms with E-state index in [0.717, 1.165) is 11.3 Å². The molecule has 2 aromatic carbocycles. The Morgan fingerprint density at radius 1 is 1.23 bits per heavy atom. The van der Waals surface area contributed by atoms with Crippen LogP contribution in [-0.2, 0) is 17.8 Å². The first-order valence-corrected chi connectivity index (χ1v) is 7.19. The average Bonchev–Trinajstić information content (AvgIpc) is 2.50. The molecule has 0 spiro atoms. The Bertz CT molecular complexity index is 675. The van der Waals surface area contributed by atoms with Crippen molar-refractivity contribution < 1.29 is 13.9 Å². The highest BCUT2D eigenvalue weighted by Crippen LogP contribution is 2.20. The fourth-order valence-electron chi connectivity index (χ4n) is 2.14. The molecule has 0 saturated heterocycles. The van der Waals surface area contributed by atoms with E-state index in [4.69, 9.17) is 16.3 Å².